The lowest BCUT2D eigenvalue weighted by Gasteiger charge is -2.29. The predicted molar refractivity (Wildman–Crippen MR) is 87.8 cm³/mol. The van der Waals surface area contributed by atoms with Crippen LogP contribution in [0.2, 0.25) is 0 Å². The van der Waals surface area contributed by atoms with E-state index in [1.807, 2.05) is 6.07 Å². The summed E-state index contributed by atoms with van der Waals surface area (Å²) in [5, 5.41) is 12.1. The second kappa shape index (κ2) is 5.58. The average Bonchev–Trinajstić information content (AvgIpc) is 2.90. The molecule has 2 heterocycles. The van der Waals surface area contributed by atoms with Gasteiger partial charge < -0.3 is 0 Å². The van der Waals surface area contributed by atoms with E-state index < -0.39 is 0 Å². The topological polar surface area (TPSA) is 46.4 Å². The SMILES string of the molecule is CC(C)N1CC=C(c2cc3cccc([N+](=O)[O-])c3s2)CC1. The van der Waals surface area contributed by atoms with Crippen LogP contribution in [-0.4, -0.2) is 29.0 Å². The van der Waals surface area contributed by atoms with Crippen LogP contribution in [0.1, 0.15) is 25.1 Å². The standard InChI is InChI=1S/C16H18N2O2S/c1-11(2)17-8-6-12(7-9-17)15-10-13-4-3-5-14(18(19)20)16(13)21-15/h3-6,10-11H,7-9H2,1-2H3. The molecule has 0 saturated heterocycles. The van der Waals surface area contributed by atoms with E-state index >= 15 is 0 Å². The van der Waals surface area contributed by atoms with E-state index in [0.717, 1.165) is 29.6 Å². The molecule has 1 aliphatic heterocycles. The minimum Gasteiger partial charge on any atom is -0.297 e. The fourth-order valence-electron chi connectivity index (χ4n) is 2.73. The van der Waals surface area contributed by atoms with Crippen molar-refractivity contribution in [3.8, 4) is 0 Å². The van der Waals surface area contributed by atoms with E-state index in [-0.39, 0.29) is 10.6 Å². The van der Waals surface area contributed by atoms with Crippen LogP contribution < -0.4 is 0 Å². The zero-order valence-corrected chi connectivity index (χ0v) is 13.0. The van der Waals surface area contributed by atoms with E-state index in [4.69, 9.17) is 0 Å². The quantitative estimate of drug-likeness (QED) is 0.627. The molecule has 0 unspecified atom stereocenters. The molecule has 0 spiro atoms. The van der Waals surface area contributed by atoms with E-state index in [1.165, 1.54) is 21.8 Å². The van der Waals surface area contributed by atoms with Crippen molar-refractivity contribution in [2.75, 3.05) is 13.1 Å². The van der Waals surface area contributed by atoms with Crippen LogP contribution in [-0.2, 0) is 0 Å². The second-order valence-electron chi connectivity index (χ2n) is 5.63. The van der Waals surface area contributed by atoms with E-state index in [1.54, 1.807) is 12.1 Å². The highest BCUT2D eigenvalue weighted by Gasteiger charge is 2.19. The van der Waals surface area contributed by atoms with Gasteiger partial charge in [0, 0.05) is 35.5 Å². The molecule has 110 valence electrons. The molecule has 0 N–H and O–H groups in total. The fraction of sp³-hybridized carbons (Fsp3) is 0.375. The summed E-state index contributed by atoms with van der Waals surface area (Å²) in [6.07, 6.45) is 3.28. The van der Waals surface area contributed by atoms with E-state index in [2.05, 4.69) is 30.9 Å². The molecular formula is C16H18N2O2S. The average molecular weight is 302 g/mol. The Morgan fingerprint density at radius 2 is 2.19 bits per heavy atom. The molecule has 1 aliphatic rings. The smallest absolute Gasteiger partial charge is 0.287 e. The van der Waals surface area contributed by atoms with Gasteiger partial charge in [0.05, 0.1) is 4.92 Å². The highest BCUT2D eigenvalue weighted by Crippen LogP contribution is 2.37. The molecule has 1 aromatic heterocycles. The van der Waals surface area contributed by atoms with Crippen molar-refractivity contribution >= 4 is 32.7 Å². The normalized spacial score (nSPS) is 16.4. The summed E-state index contributed by atoms with van der Waals surface area (Å²) in [6, 6.07) is 7.94. The summed E-state index contributed by atoms with van der Waals surface area (Å²) in [6.45, 7) is 6.44. The molecule has 0 aliphatic carbocycles. The Morgan fingerprint density at radius 3 is 2.81 bits per heavy atom. The third-order valence-electron chi connectivity index (χ3n) is 4.01. The Hall–Kier alpha value is -1.72. The maximum absolute atomic E-state index is 11.1. The van der Waals surface area contributed by atoms with Crippen LogP contribution >= 0.6 is 11.3 Å². The highest BCUT2D eigenvalue weighted by molar-refractivity contribution is 7.20. The Balaban J connectivity index is 1.96. The molecule has 0 fully saturated rings. The summed E-state index contributed by atoms with van der Waals surface area (Å²) in [4.78, 5) is 14.4. The van der Waals surface area contributed by atoms with Gasteiger partial charge in [-0.2, -0.15) is 0 Å². The number of benzene rings is 1. The molecule has 3 rings (SSSR count). The minimum atomic E-state index is -0.293. The minimum absolute atomic E-state index is 0.212. The zero-order valence-electron chi connectivity index (χ0n) is 12.2. The summed E-state index contributed by atoms with van der Waals surface area (Å²) < 4.78 is 0.782. The van der Waals surface area contributed by atoms with Gasteiger partial charge in [-0.25, -0.2) is 0 Å². The highest BCUT2D eigenvalue weighted by atomic mass is 32.1. The number of fused-ring (bicyclic) bond motifs is 1. The Labute approximate surface area is 127 Å². The maximum Gasteiger partial charge on any atom is 0.287 e. The van der Waals surface area contributed by atoms with Crippen molar-refractivity contribution in [1.29, 1.82) is 0 Å². The van der Waals surface area contributed by atoms with Gasteiger partial charge in [-0.15, -0.1) is 11.3 Å². The summed E-state index contributed by atoms with van der Waals surface area (Å²) >= 11 is 1.54. The number of nitrogens with zero attached hydrogens (tertiary/aromatic N) is 2. The van der Waals surface area contributed by atoms with Crippen molar-refractivity contribution in [3.05, 3.63) is 45.3 Å². The zero-order chi connectivity index (χ0) is 15.0. The summed E-state index contributed by atoms with van der Waals surface area (Å²) in [5.74, 6) is 0. The third-order valence-corrected chi connectivity index (χ3v) is 5.26. The lowest BCUT2D eigenvalue weighted by molar-refractivity contribution is -0.382. The number of thiophene rings is 1. The van der Waals surface area contributed by atoms with Gasteiger partial charge in [0.15, 0.2) is 0 Å². The van der Waals surface area contributed by atoms with Gasteiger partial charge in [0.2, 0.25) is 0 Å². The lowest BCUT2D eigenvalue weighted by atomic mass is 10.0. The molecule has 5 heteroatoms. The molecule has 4 nitrogen and oxygen atoms in total. The first-order chi connectivity index (χ1) is 10.1. The molecule has 0 atom stereocenters. The summed E-state index contributed by atoms with van der Waals surface area (Å²) in [7, 11) is 0. The molecule has 2 aromatic rings. The number of hydrogen-bond donors (Lipinski definition) is 0. The molecule has 0 bridgehead atoms. The maximum atomic E-state index is 11.1. The van der Waals surface area contributed by atoms with Crippen molar-refractivity contribution in [3.63, 3.8) is 0 Å². The molecule has 0 saturated carbocycles. The van der Waals surface area contributed by atoms with Crippen molar-refractivity contribution in [2.24, 2.45) is 0 Å². The number of non-ortho nitro benzene ring substituents is 1. The Morgan fingerprint density at radius 1 is 1.38 bits per heavy atom. The molecule has 0 amide bonds. The first-order valence-electron chi connectivity index (χ1n) is 7.16. The van der Waals surface area contributed by atoms with Gasteiger partial charge in [-0.3, -0.25) is 15.0 Å². The Kier molecular flexibility index (Phi) is 3.78. The van der Waals surface area contributed by atoms with E-state index in [9.17, 15) is 10.1 Å². The number of nitro groups is 1. The second-order valence-corrected chi connectivity index (χ2v) is 6.68. The van der Waals surface area contributed by atoms with Crippen molar-refractivity contribution < 1.29 is 4.92 Å². The molecule has 21 heavy (non-hydrogen) atoms. The predicted octanol–water partition coefficient (Wildman–Crippen LogP) is 4.31. The number of nitro benzene ring substituents is 1. The lowest BCUT2D eigenvalue weighted by Crippen LogP contribution is -2.34. The van der Waals surface area contributed by atoms with Crippen molar-refractivity contribution in [1.82, 2.24) is 4.90 Å². The molecule has 1 aromatic carbocycles. The van der Waals surface area contributed by atoms with Gasteiger partial charge in [0.25, 0.3) is 5.69 Å². The van der Waals surface area contributed by atoms with Crippen LogP contribution in [0.5, 0.6) is 0 Å². The van der Waals surface area contributed by atoms with Gasteiger partial charge in [0.1, 0.15) is 4.70 Å². The van der Waals surface area contributed by atoms with E-state index in [0.29, 0.717) is 6.04 Å². The summed E-state index contributed by atoms with van der Waals surface area (Å²) in [5.41, 5.74) is 1.53. The molecule has 0 radical (unpaired) electrons. The third kappa shape index (κ3) is 2.71. The monoisotopic (exact) mass is 302 g/mol. The van der Waals surface area contributed by atoms with Crippen LogP contribution in [0.4, 0.5) is 5.69 Å². The fourth-order valence-corrected chi connectivity index (χ4v) is 3.94. The first kappa shape index (κ1) is 14.2. The van der Waals surface area contributed by atoms with Gasteiger partial charge in [-0.1, -0.05) is 18.2 Å². The van der Waals surface area contributed by atoms with Crippen molar-refractivity contribution in [2.45, 2.75) is 26.3 Å². The Bertz CT molecular complexity index is 718. The van der Waals surface area contributed by atoms with Gasteiger partial charge in [-0.05, 0) is 31.9 Å². The number of hydrogen-bond acceptors (Lipinski definition) is 4. The van der Waals surface area contributed by atoms with Crippen LogP contribution in [0.3, 0.4) is 0 Å². The van der Waals surface area contributed by atoms with Gasteiger partial charge >= 0.3 is 0 Å². The first-order valence-corrected chi connectivity index (χ1v) is 7.98. The largest absolute Gasteiger partial charge is 0.297 e. The van der Waals surface area contributed by atoms with Crippen LogP contribution in [0, 0.1) is 10.1 Å². The van der Waals surface area contributed by atoms with Crippen LogP contribution in [0.25, 0.3) is 15.7 Å². The number of rotatable bonds is 3. The molecular weight excluding hydrogens is 284 g/mol. The van der Waals surface area contributed by atoms with Crippen LogP contribution in [0.15, 0.2) is 30.3 Å².